The number of likely N-dealkylation sites (N-methyl/N-ethyl adjacent to an activating group) is 1. The lowest BCUT2D eigenvalue weighted by atomic mass is 9.57. The fourth-order valence-electron chi connectivity index (χ4n) is 5.98. The Bertz CT molecular complexity index is 1470. The van der Waals surface area contributed by atoms with Crippen LogP contribution in [-0.4, -0.2) is 79.5 Å². The number of amides is 1. The predicted molar refractivity (Wildman–Crippen MR) is 130 cm³/mol. The molecule has 3 aliphatic rings. The molecule has 198 valence electrons. The third-order valence-electron chi connectivity index (χ3n) is 7.62. The van der Waals surface area contributed by atoms with Crippen molar-refractivity contribution >= 4 is 34.7 Å². The highest BCUT2D eigenvalue weighted by atomic mass is 16.5. The quantitative estimate of drug-likeness (QED) is 0.287. The summed E-state index contributed by atoms with van der Waals surface area (Å²) in [6.07, 6.45) is 1.31. The van der Waals surface area contributed by atoms with E-state index in [0.29, 0.717) is 5.56 Å². The first-order valence-electron chi connectivity index (χ1n) is 11.8. The van der Waals surface area contributed by atoms with Crippen molar-refractivity contribution in [2.24, 2.45) is 11.8 Å². The summed E-state index contributed by atoms with van der Waals surface area (Å²) in [7, 11) is 3.11. The zero-order valence-corrected chi connectivity index (χ0v) is 20.7. The van der Waals surface area contributed by atoms with Gasteiger partial charge in [-0.15, -0.1) is 0 Å². The van der Waals surface area contributed by atoms with E-state index in [1.807, 2.05) is 0 Å². The fraction of sp³-hybridized carbons (Fsp3) is 0.346. The molecule has 0 aliphatic heterocycles. The Hall–Kier alpha value is -4.29. The molecule has 1 amide bonds. The molecule has 12 heteroatoms. The van der Waals surface area contributed by atoms with Crippen LogP contribution in [0.2, 0.25) is 0 Å². The Morgan fingerprint density at radius 1 is 1.16 bits per heavy atom. The number of nitrogens with zero attached hydrogens (tertiary/aromatic N) is 2. The van der Waals surface area contributed by atoms with Crippen LogP contribution < -0.4 is 5.32 Å². The number of hydrogen-bond donors (Lipinski definition) is 5. The number of nitrogens with one attached hydrogen (secondary N) is 1. The van der Waals surface area contributed by atoms with E-state index in [1.54, 1.807) is 14.1 Å². The molecule has 1 aromatic carbocycles. The van der Waals surface area contributed by atoms with Gasteiger partial charge in [-0.25, -0.2) is 0 Å². The van der Waals surface area contributed by atoms with Crippen LogP contribution in [0, 0.1) is 11.8 Å². The number of carbonyl (C=O) groups excluding carboxylic acids is 4. The molecule has 1 fully saturated rings. The number of aliphatic hydroxyl groups is 3. The second-order valence-corrected chi connectivity index (χ2v) is 9.97. The maximum atomic E-state index is 13.8. The number of hydrogen-bond acceptors (Lipinski definition) is 11. The van der Waals surface area contributed by atoms with Gasteiger partial charge in [-0.1, -0.05) is 5.16 Å². The van der Waals surface area contributed by atoms with Gasteiger partial charge in [0, 0.05) is 23.2 Å². The number of phenolic OH excluding ortho intramolecular Hbond substituents is 1. The van der Waals surface area contributed by atoms with Crippen molar-refractivity contribution in [3.63, 3.8) is 0 Å². The minimum Gasteiger partial charge on any atom is -0.508 e. The van der Waals surface area contributed by atoms with Crippen LogP contribution in [0.4, 0.5) is 5.69 Å². The van der Waals surface area contributed by atoms with Gasteiger partial charge in [-0.2, -0.15) is 0 Å². The first-order chi connectivity index (χ1) is 17.9. The summed E-state index contributed by atoms with van der Waals surface area (Å²) in [6, 6.07) is 2.90. The van der Waals surface area contributed by atoms with Crippen molar-refractivity contribution in [2.75, 3.05) is 19.4 Å². The standard InChI is InChI=1S/C26H25N3O9/c1-10(30)17-22(33)20(29(2)3)13-9-11-8-12-14(28-25(36)16-6-7-27-38-16)4-5-15(31)19(12)21(32)18(11)24(35)26(13,37)23(17)34/h4-7,11,13,20,31-32,34,37H,8-9H2,1-3H3,(H,28,36)/t11-,13-,20?,26+/m0/s1. The molecule has 5 rings (SSSR count). The number of aromatic nitrogens is 1. The molecule has 0 radical (unpaired) electrons. The molecule has 1 unspecified atom stereocenters. The summed E-state index contributed by atoms with van der Waals surface area (Å²) in [5.41, 5.74) is -3.10. The van der Waals surface area contributed by atoms with Gasteiger partial charge in [0.2, 0.25) is 11.5 Å². The topological polar surface area (TPSA) is 190 Å². The smallest absolute Gasteiger partial charge is 0.294 e. The number of phenols is 1. The Labute approximate surface area is 215 Å². The lowest BCUT2D eigenvalue weighted by Gasteiger charge is -2.50. The van der Waals surface area contributed by atoms with Crippen LogP contribution in [0.25, 0.3) is 5.76 Å². The van der Waals surface area contributed by atoms with Crippen LogP contribution >= 0.6 is 0 Å². The molecular formula is C26H25N3O9. The Kier molecular flexibility index (Phi) is 5.76. The summed E-state index contributed by atoms with van der Waals surface area (Å²) in [5, 5.41) is 50.6. The number of benzene rings is 1. The molecule has 38 heavy (non-hydrogen) atoms. The van der Waals surface area contributed by atoms with E-state index in [9.17, 15) is 39.6 Å². The van der Waals surface area contributed by atoms with Gasteiger partial charge in [0.05, 0.1) is 17.8 Å². The first-order valence-corrected chi connectivity index (χ1v) is 11.8. The van der Waals surface area contributed by atoms with Crippen molar-refractivity contribution in [1.29, 1.82) is 0 Å². The molecule has 0 saturated heterocycles. The molecule has 0 bridgehead atoms. The van der Waals surface area contributed by atoms with Crippen molar-refractivity contribution in [3.05, 3.63) is 58.2 Å². The van der Waals surface area contributed by atoms with Crippen molar-refractivity contribution in [2.45, 2.75) is 31.4 Å². The van der Waals surface area contributed by atoms with Gasteiger partial charge in [0.1, 0.15) is 22.8 Å². The second-order valence-electron chi connectivity index (χ2n) is 9.97. The normalized spacial score (nSPS) is 26.7. The number of anilines is 1. The van der Waals surface area contributed by atoms with Crippen molar-refractivity contribution in [1.82, 2.24) is 10.1 Å². The Morgan fingerprint density at radius 2 is 1.87 bits per heavy atom. The number of carbonyl (C=O) groups is 4. The molecule has 1 saturated carbocycles. The summed E-state index contributed by atoms with van der Waals surface area (Å²) in [4.78, 5) is 53.4. The third-order valence-corrected chi connectivity index (χ3v) is 7.62. The van der Waals surface area contributed by atoms with Gasteiger partial charge >= 0.3 is 0 Å². The second kappa shape index (κ2) is 8.64. The van der Waals surface area contributed by atoms with Gasteiger partial charge in [0.25, 0.3) is 5.91 Å². The predicted octanol–water partition coefficient (Wildman–Crippen LogP) is 1.31. The molecule has 4 atom stereocenters. The number of aliphatic hydroxyl groups excluding tert-OH is 2. The van der Waals surface area contributed by atoms with E-state index in [1.165, 1.54) is 29.3 Å². The number of aromatic hydroxyl groups is 1. The number of fused-ring (bicyclic) bond motifs is 3. The highest BCUT2D eigenvalue weighted by Gasteiger charge is 2.64. The molecule has 12 nitrogen and oxygen atoms in total. The zero-order chi connectivity index (χ0) is 27.7. The van der Waals surface area contributed by atoms with E-state index in [-0.39, 0.29) is 41.2 Å². The van der Waals surface area contributed by atoms with Crippen molar-refractivity contribution < 1.29 is 44.1 Å². The SMILES string of the molecule is CC(=O)C1=C(O)[C@@]2(O)C(=O)C3=C(O)c4c(O)ccc(NC(=O)c5ccno5)c4C[C@H]3C[C@H]2C(N(C)C)C1=O. The van der Waals surface area contributed by atoms with Crippen LogP contribution in [0.5, 0.6) is 5.75 Å². The average Bonchev–Trinajstić information content (AvgIpc) is 3.38. The Morgan fingerprint density at radius 3 is 2.47 bits per heavy atom. The summed E-state index contributed by atoms with van der Waals surface area (Å²) < 4.78 is 4.88. The van der Waals surface area contributed by atoms with E-state index >= 15 is 0 Å². The first kappa shape index (κ1) is 25.4. The summed E-state index contributed by atoms with van der Waals surface area (Å²) in [6.45, 7) is 1.05. The van der Waals surface area contributed by atoms with E-state index in [4.69, 9.17) is 4.52 Å². The molecule has 5 N–H and O–H groups in total. The molecule has 0 spiro atoms. The van der Waals surface area contributed by atoms with Crippen LogP contribution in [0.3, 0.4) is 0 Å². The average molecular weight is 523 g/mol. The van der Waals surface area contributed by atoms with Gasteiger partial charge < -0.3 is 30.3 Å². The summed E-state index contributed by atoms with van der Waals surface area (Å²) >= 11 is 0. The monoisotopic (exact) mass is 523 g/mol. The maximum Gasteiger partial charge on any atom is 0.294 e. The molecule has 2 aromatic rings. The third kappa shape index (κ3) is 3.41. The van der Waals surface area contributed by atoms with E-state index in [0.717, 1.165) is 6.92 Å². The largest absolute Gasteiger partial charge is 0.508 e. The molecular weight excluding hydrogens is 498 g/mol. The highest BCUT2D eigenvalue weighted by molar-refractivity contribution is 6.25. The Balaban J connectivity index is 1.66. The minimum atomic E-state index is -2.64. The molecule has 3 aliphatic carbocycles. The molecule has 1 heterocycles. The lowest BCUT2D eigenvalue weighted by Crippen LogP contribution is -2.65. The van der Waals surface area contributed by atoms with Gasteiger partial charge in [0.15, 0.2) is 17.2 Å². The van der Waals surface area contributed by atoms with Crippen molar-refractivity contribution in [3.8, 4) is 5.75 Å². The fourth-order valence-corrected chi connectivity index (χ4v) is 5.98. The maximum absolute atomic E-state index is 13.8. The number of ketones is 3. The number of Topliss-reactive ketones (excluding diaryl/α,β-unsaturated/α-hetero) is 3. The van der Waals surface area contributed by atoms with Gasteiger partial charge in [-0.05, 0) is 57.5 Å². The zero-order valence-electron chi connectivity index (χ0n) is 20.7. The summed E-state index contributed by atoms with van der Waals surface area (Å²) in [5.74, 6) is -7.22. The molecule has 1 aromatic heterocycles. The highest BCUT2D eigenvalue weighted by Crippen LogP contribution is 2.53. The number of rotatable bonds is 4. The van der Waals surface area contributed by atoms with E-state index < -0.39 is 63.8 Å². The van der Waals surface area contributed by atoms with Crippen LogP contribution in [0.1, 0.15) is 35.0 Å². The van der Waals surface area contributed by atoms with Crippen LogP contribution in [-0.2, 0) is 20.8 Å². The van der Waals surface area contributed by atoms with Crippen LogP contribution in [0.15, 0.2) is 45.8 Å². The lowest BCUT2D eigenvalue weighted by molar-refractivity contribution is -0.153. The van der Waals surface area contributed by atoms with Gasteiger partial charge in [-0.3, -0.25) is 24.1 Å². The minimum absolute atomic E-state index is 0.0317. The van der Waals surface area contributed by atoms with E-state index in [2.05, 4.69) is 10.5 Å².